The molecule has 0 bridgehead atoms. The maximum atomic E-state index is 13.4. The van der Waals surface area contributed by atoms with Crippen LogP contribution in [0.2, 0.25) is 0 Å². The summed E-state index contributed by atoms with van der Waals surface area (Å²) in [6, 6.07) is 20.4. The molecule has 0 spiro atoms. The van der Waals surface area contributed by atoms with Crippen molar-refractivity contribution < 1.29 is 14.4 Å². The Morgan fingerprint density at radius 1 is 0.912 bits per heavy atom. The molecular formula is C30H39NO3. The summed E-state index contributed by atoms with van der Waals surface area (Å²) in [4.78, 5) is 41.0. The van der Waals surface area contributed by atoms with Gasteiger partial charge in [-0.05, 0) is 43.2 Å². The van der Waals surface area contributed by atoms with Crippen molar-refractivity contribution in [3.63, 3.8) is 0 Å². The highest BCUT2D eigenvalue weighted by atomic mass is 16.2. The summed E-state index contributed by atoms with van der Waals surface area (Å²) in [6.07, 6.45) is 6.05. The SMILES string of the molecule is CCC(C)(C)C(=O)C(=O)N1CCCCCC1C(=O)CCCC(c1ccccc1)c1ccccc1. The summed E-state index contributed by atoms with van der Waals surface area (Å²) in [6.45, 7) is 6.05. The second-order valence-electron chi connectivity index (χ2n) is 10.2. The monoisotopic (exact) mass is 461 g/mol. The van der Waals surface area contributed by atoms with E-state index in [4.69, 9.17) is 0 Å². The van der Waals surface area contributed by atoms with Crippen molar-refractivity contribution in [2.24, 2.45) is 5.41 Å². The van der Waals surface area contributed by atoms with Crippen LogP contribution in [0.1, 0.15) is 89.2 Å². The molecule has 0 aliphatic carbocycles. The van der Waals surface area contributed by atoms with Gasteiger partial charge >= 0.3 is 0 Å². The fraction of sp³-hybridized carbons (Fsp3) is 0.500. The summed E-state index contributed by atoms with van der Waals surface area (Å²) >= 11 is 0. The molecule has 1 amide bonds. The summed E-state index contributed by atoms with van der Waals surface area (Å²) in [7, 11) is 0. The van der Waals surface area contributed by atoms with Crippen molar-refractivity contribution in [1.29, 1.82) is 0 Å². The molecule has 1 fully saturated rings. The number of hydrogen-bond donors (Lipinski definition) is 0. The number of rotatable bonds is 10. The lowest BCUT2D eigenvalue weighted by molar-refractivity contribution is -0.152. The molecule has 4 nitrogen and oxygen atoms in total. The average molecular weight is 462 g/mol. The molecule has 1 heterocycles. The van der Waals surface area contributed by atoms with Gasteiger partial charge in [0.05, 0.1) is 6.04 Å². The first-order valence-electron chi connectivity index (χ1n) is 12.8. The van der Waals surface area contributed by atoms with Crippen molar-refractivity contribution in [2.45, 2.75) is 84.1 Å². The number of nitrogens with zero attached hydrogens (tertiary/aromatic N) is 1. The van der Waals surface area contributed by atoms with E-state index in [9.17, 15) is 14.4 Å². The fourth-order valence-corrected chi connectivity index (χ4v) is 4.81. The molecule has 1 unspecified atom stereocenters. The zero-order valence-electron chi connectivity index (χ0n) is 21.0. The first-order chi connectivity index (χ1) is 16.3. The number of Topliss-reactive ketones (excluding diaryl/α,β-unsaturated/α-hetero) is 2. The van der Waals surface area contributed by atoms with E-state index in [1.807, 2.05) is 32.9 Å². The molecule has 182 valence electrons. The van der Waals surface area contributed by atoms with Gasteiger partial charge in [0.1, 0.15) is 0 Å². The zero-order valence-corrected chi connectivity index (χ0v) is 21.0. The van der Waals surface area contributed by atoms with Crippen molar-refractivity contribution in [1.82, 2.24) is 4.90 Å². The lowest BCUT2D eigenvalue weighted by atomic mass is 9.84. The van der Waals surface area contributed by atoms with Gasteiger partial charge in [0.25, 0.3) is 5.91 Å². The van der Waals surface area contributed by atoms with Crippen LogP contribution in [0.15, 0.2) is 60.7 Å². The fourth-order valence-electron chi connectivity index (χ4n) is 4.81. The number of amides is 1. The third kappa shape index (κ3) is 6.43. The van der Waals surface area contributed by atoms with Gasteiger partial charge in [-0.15, -0.1) is 0 Å². The predicted molar refractivity (Wildman–Crippen MR) is 137 cm³/mol. The Kier molecular flexibility index (Phi) is 9.20. The van der Waals surface area contributed by atoms with E-state index in [1.54, 1.807) is 4.90 Å². The first-order valence-corrected chi connectivity index (χ1v) is 12.8. The van der Waals surface area contributed by atoms with Gasteiger partial charge in [-0.3, -0.25) is 14.4 Å². The molecule has 0 saturated carbocycles. The van der Waals surface area contributed by atoms with Gasteiger partial charge in [0, 0.05) is 24.3 Å². The van der Waals surface area contributed by atoms with Crippen LogP contribution in [0.5, 0.6) is 0 Å². The number of hydrogen-bond acceptors (Lipinski definition) is 3. The Hall–Kier alpha value is -2.75. The van der Waals surface area contributed by atoms with E-state index in [2.05, 4.69) is 48.5 Å². The van der Waals surface area contributed by atoms with Crippen molar-refractivity contribution in [3.05, 3.63) is 71.8 Å². The van der Waals surface area contributed by atoms with Gasteiger partial charge in [-0.1, -0.05) is 94.3 Å². The zero-order chi connectivity index (χ0) is 24.6. The number of ketones is 2. The van der Waals surface area contributed by atoms with Gasteiger partial charge < -0.3 is 4.90 Å². The Balaban J connectivity index is 1.69. The van der Waals surface area contributed by atoms with Crippen LogP contribution in [0, 0.1) is 5.41 Å². The summed E-state index contributed by atoms with van der Waals surface area (Å²) in [5.74, 6) is -0.521. The number of benzene rings is 2. The molecule has 2 aromatic carbocycles. The molecule has 1 saturated heterocycles. The van der Waals surface area contributed by atoms with E-state index >= 15 is 0 Å². The number of carbonyl (C=O) groups excluding carboxylic acids is 3. The van der Waals surface area contributed by atoms with E-state index in [0.717, 1.165) is 32.1 Å². The first kappa shape index (κ1) is 25.9. The van der Waals surface area contributed by atoms with Gasteiger partial charge in [-0.2, -0.15) is 0 Å². The number of likely N-dealkylation sites (tertiary alicyclic amines) is 1. The quantitative estimate of drug-likeness (QED) is 0.388. The molecule has 1 aliphatic rings. The van der Waals surface area contributed by atoms with Crippen molar-refractivity contribution >= 4 is 17.5 Å². The Morgan fingerprint density at radius 3 is 2.06 bits per heavy atom. The van der Waals surface area contributed by atoms with Gasteiger partial charge in [0.15, 0.2) is 5.78 Å². The van der Waals surface area contributed by atoms with Crippen molar-refractivity contribution in [2.75, 3.05) is 6.54 Å². The predicted octanol–water partition coefficient (Wildman–Crippen LogP) is 6.33. The van der Waals surface area contributed by atoms with Gasteiger partial charge in [-0.25, -0.2) is 0 Å². The number of carbonyl (C=O) groups is 3. The minimum Gasteiger partial charge on any atom is -0.326 e. The van der Waals surface area contributed by atoms with Crippen molar-refractivity contribution in [3.8, 4) is 0 Å². The minimum atomic E-state index is -0.699. The van der Waals surface area contributed by atoms with Gasteiger partial charge in [0.2, 0.25) is 5.78 Å². The van der Waals surface area contributed by atoms with E-state index in [1.165, 1.54) is 11.1 Å². The highest BCUT2D eigenvalue weighted by Gasteiger charge is 2.39. The van der Waals surface area contributed by atoms with Crippen LogP contribution >= 0.6 is 0 Å². The molecule has 2 aromatic rings. The smallest absolute Gasteiger partial charge is 0.291 e. The Morgan fingerprint density at radius 2 is 1.50 bits per heavy atom. The van der Waals surface area contributed by atoms with E-state index < -0.39 is 17.4 Å². The summed E-state index contributed by atoms with van der Waals surface area (Å²) < 4.78 is 0. The molecule has 0 N–H and O–H groups in total. The van der Waals surface area contributed by atoms with Crippen LogP contribution in [0.4, 0.5) is 0 Å². The third-order valence-electron chi connectivity index (χ3n) is 7.40. The Labute approximate surface area is 204 Å². The lowest BCUT2D eigenvalue weighted by Crippen LogP contribution is -2.50. The van der Waals surface area contributed by atoms with Crippen LogP contribution in [0.25, 0.3) is 0 Å². The highest BCUT2D eigenvalue weighted by Crippen LogP contribution is 2.31. The maximum Gasteiger partial charge on any atom is 0.291 e. The molecule has 3 rings (SSSR count). The molecule has 0 aromatic heterocycles. The maximum absolute atomic E-state index is 13.4. The molecule has 1 aliphatic heterocycles. The minimum absolute atomic E-state index is 0.0947. The molecular weight excluding hydrogens is 422 g/mol. The summed E-state index contributed by atoms with van der Waals surface area (Å²) in [5.41, 5.74) is 1.80. The standard InChI is InChI=1S/C30H39NO3/c1-4-30(2,3)28(33)29(34)31-22-13-7-12-20-26(31)27(32)21-14-19-25(23-15-8-5-9-16-23)24-17-10-6-11-18-24/h5-6,8-11,15-18,25-26H,4,7,12-14,19-22H2,1-3H3. The summed E-state index contributed by atoms with van der Waals surface area (Å²) in [5, 5.41) is 0. The molecule has 1 atom stereocenters. The third-order valence-corrected chi connectivity index (χ3v) is 7.40. The molecule has 0 radical (unpaired) electrons. The van der Waals surface area contributed by atoms with Crippen LogP contribution < -0.4 is 0 Å². The van der Waals surface area contributed by atoms with Crippen LogP contribution in [0.3, 0.4) is 0 Å². The lowest BCUT2D eigenvalue weighted by Gasteiger charge is -2.31. The normalized spacial score (nSPS) is 16.8. The highest BCUT2D eigenvalue weighted by molar-refractivity contribution is 6.38. The van der Waals surface area contributed by atoms with Crippen LogP contribution in [-0.2, 0) is 14.4 Å². The molecule has 34 heavy (non-hydrogen) atoms. The topological polar surface area (TPSA) is 54.5 Å². The van der Waals surface area contributed by atoms with E-state index in [0.29, 0.717) is 25.8 Å². The molecule has 4 heteroatoms. The second kappa shape index (κ2) is 12.1. The average Bonchev–Trinajstić information content (AvgIpc) is 3.13. The Bertz CT molecular complexity index is 912. The van der Waals surface area contributed by atoms with E-state index in [-0.39, 0.29) is 17.5 Å². The largest absolute Gasteiger partial charge is 0.326 e. The second-order valence-corrected chi connectivity index (χ2v) is 10.2. The van der Waals surface area contributed by atoms with Crippen LogP contribution in [-0.4, -0.2) is 35.0 Å².